The molecule has 0 saturated carbocycles. The average molecular weight is 412 g/mol. The first kappa shape index (κ1) is 21.6. The number of nitrogens with one attached hydrogen (secondary N) is 1. The summed E-state index contributed by atoms with van der Waals surface area (Å²) in [6.45, 7) is 4.71. The standard InChI is InChI=1S/C20H20ClF2NO4/c1-11(2)14-8-15(21)12(3)6-18(14)27-10-20(26)28-9-19(25)24-17-5-4-13(22)7-16(17)23/h4-8,11H,9-10H2,1-3H3,(H,24,25). The van der Waals surface area contributed by atoms with Crippen LogP contribution >= 0.6 is 11.6 Å². The van der Waals surface area contributed by atoms with E-state index < -0.39 is 36.7 Å². The van der Waals surface area contributed by atoms with E-state index in [2.05, 4.69) is 5.32 Å². The fourth-order valence-corrected chi connectivity index (χ4v) is 2.52. The fraction of sp³-hybridized carbons (Fsp3) is 0.300. The van der Waals surface area contributed by atoms with Crippen LogP contribution in [0, 0.1) is 18.6 Å². The maximum Gasteiger partial charge on any atom is 0.344 e. The first-order chi connectivity index (χ1) is 13.2. The number of hydrogen-bond acceptors (Lipinski definition) is 4. The molecule has 0 heterocycles. The molecule has 8 heteroatoms. The molecule has 2 aromatic carbocycles. The summed E-state index contributed by atoms with van der Waals surface area (Å²) >= 11 is 6.12. The van der Waals surface area contributed by atoms with Gasteiger partial charge < -0.3 is 14.8 Å². The van der Waals surface area contributed by atoms with Gasteiger partial charge in [0.1, 0.15) is 17.4 Å². The number of benzene rings is 2. The van der Waals surface area contributed by atoms with Crippen molar-refractivity contribution in [2.45, 2.75) is 26.7 Å². The number of hydrogen-bond donors (Lipinski definition) is 1. The molecule has 5 nitrogen and oxygen atoms in total. The summed E-state index contributed by atoms with van der Waals surface area (Å²) in [5, 5.41) is 2.79. The van der Waals surface area contributed by atoms with Gasteiger partial charge in [-0.25, -0.2) is 13.6 Å². The maximum atomic E-state index is 13.5. The monoisotopic (exact) mass is 411 g/mol. The van der Waals surface area contributed by atoms with Gasteiger partial charge in [0.25, 0.3) is 5.91 Å². The number of ether oxygens (including phenoxy) is 2. The topological polar surface area (TPSA) is 64.6 Å². The molecule has 0 unspecified atom stereocenters. The maximum absolute atomic E-state index is 13.5. The lowest BCUT2D eigenvalue weighted by Gasteiger charge is -2.15. The van der Waals surface area contributed by atoms with Crippen LogP contribution in [0.25, 0.3) is 0 Å². The number of anilines is 1. The number of aryl methyl sites for hydroxylation is 1. The summed E-state index contributed by atoms with van der Waals surface area (Å²) in [6, 6.07) is 6.22. The molecule has 0 fully saturated rings. The molecular weight excluding hydrogens is 392 g/mol. The molecule has 0 aliphatic rings. The van der Waals surface area contributed by atoms with E-state index in [-0.39, 0.29) is 11.6 Å². The molecule has 0 atom stereocenters. The highest BCUT2D eigenvalue weighted by atomic mass is 35.5. The zero-order chi connectivity index (χ0) is 20.8. The van der Waals surface area contributed by atoms with Gasteiger partial charge in [-0.05, 0) is 48.2 Å². The number of carbonyl (C=O) groups excluding carboxylic acids is 2. The van der Waals surface area contributed by atoms with Crippen LogP contribution in [0.3, 0.4) is 0 Å². The van der Waals surface area contributed by atoms with Crippen molar-refractivity contribution >= 4 is 29.2 Å². The predicted octanol–water partition coefficient (Wildman–Crippen LogP) is 4.61. The Kier molecular flexibility index (Phi) is 7.34. The lowest BCUT2D eigenvalue weighted by Crippen LogP contribution is -2.24. The molecule has 0 aromatic heterocycles. The average Bonchev–Trinajstić information content (AvgIpc) is 2.62. The predicted molar refractivity (Wildman–Crippen MR) is 102 cm³/mol. The third-order valence-corrected chi connectivity index (χ3v) is 4.24. The van der Waals surface area contributed by atoms with Gasteiger partial charge in [-0.1, -0.05) is 25.4 Å². The Morgan fingerprint density at radius 2 is 1.86 bits per heavy atom. The number of esters is 1. The third-order valence-electron chi connectivity index (χ3n) is 3.83. The molecule has 0 radical (unpaired) electrons. The fourth-order valence-electron chi connectivity index (χ4n) is 2.35. The van der Waals surface area contributed by atoms with Crippen molar-refractivity contribution in [1.82, 2.24) is 0 Å². The molecule has 0 bridgehead atoms. The van der Waals surface area contributed by atoms with E-state index in [0.717, 1.165) is 23.3 Å². The molecule has 150 valence electrons. The molecule has 1 amide bonds. The van der Waals surface area contributed by atoms with E-state index in [1.807, 2.05) is 20.8 Å². The zero-order valence-corrected chi connectivity index (χ0v) is 16.4. The SMILES string of the molecule is Cc1cc(OCC(=O)OCC(=O)Nc2ccc(F)cc2F)c(C(C)C)cc1Cl. The van der Waals surface area contributed by atoms with E-state index in [4.69, 9.17) is 21.1 Å². The van der Waals surface area contributed by atoms with Gasteiger partial charge in [-0.3, -0.25) is 4.79 Å². The highest BCUT2D eigenvalue weighted by molar-refractivity contribution is 6.31. The van der Waals surface area contributed by atoms with Gasteiger partial charge in [-0.2, -0.15) is 0 Å². The second-order valence-corrected chi connectivity index (χ2v) is 6.82. The Balaban J connectivity index is 1.88. The number of halogens is 3. The van der Waals surface area contributed by atoms with E-state index in [9.17, 15) is 18.4 Å². The molecule has 1 N–H and O–H groups in total. The minimum Gasteiger partial charge on any atom is -0.482 e. The largest absolute Gasteiger partial charge is 0.482 e. The van der Waals surface area contributed by atoms with Gasteiger partial charge in [0.15, 0.2) is 13.2 Å². The minimum absolute atomic E-state index is 0.125. The number of carbonyl (C=O) groups is 2. The van der Waals surface area contributed by atoms with Crippen molar-refractivity contribution in [3.8, 4) is 5.75 Å². The van der Waals surface area contributed by atoms with Gasteiger partial charge in [-0.15, -0.1) is 0 Å². The quantitative estimate of drug-likeness (QED) is 0.676. The van der Waals surface area contributed by atoms with Crippen LogP contribution in [0.4, 0.5) is 14.5 Å². The van der Waals surface area contributed by atoms with Crippen LogP contribution < -0.4 is 10.1 Å². The molecule has 0 aliphatic heterocycles. The van der Waals surface area contributed by atoms with E-state index in [1.54, 1.807) is 12.1 Å². The first-order valence-electron chi connectivity index (χ1n) is 8.50. The highest BCUT2D eigenvalue weighted by Gasteiger charge is 2.15. The normalized spacial score (nSPS) is 10.7. The van der Waals surface area contributed by atoms with Crippen LogP contribution in [0.5, 0.6) is 5.75 Å². The van der Waals surface area contributed by atoms with Crippen LogP contribution in [0.15, 0.2) is 30.3 Å². The summed E-state index contributed by atoms with van der Waals surface area (Å²) in [5.41, 5.74) is 1.43. The molecule has 2 rings (SSSR count). The Morgan fingerprint density at radius 1 is 1.14 bits per heavy atom. The van der Waals surface area contributed by atoms with Gasteiger partial charge in [0, 0.05) is 11.1 Å². The Morgan fingerprint density at radius 3 is 2.50 bits per heavy atom. The lowest BCUT2D eigenvalue weighted by molar-refractivity contribution is -0.149. The molecule has 2 aromatic rings. The van der Waals surface area contributed by atoms with E-state index in [1.165, 1.54) is 0 Å². The summed E-state index contributed by atoms with van der Waals surface area (Å²) < 4.78 is 36.7. The molecule has 28 heavy (non-hydrogen) atoms. The molecule has 0 saturated heterocycles. The van der Waals surface area contributed by atoms with E-state index in [0.29, 0.717) is 16.8 Å². The lowest BCUT2D eigenvalue weighted by atomic mass is 10.0. The number of amides is 1. The molecule has 0 spiro atoms. The smallest absolute Gasteiger partial charge is 0.344 e. The van der Waals surface area contributed by atoms with Crippen LogP contribution in [0.2, 0.25) is 5.02 Å². The third kappa shape index (κ3) is 5.92. The van der Waals surface area contributed by atoms with Crippen LogP contribution in [-0.2, 0) is 14.3 Å². The van der Waals surface area contributed by atoms with E-state index >= 15 is 0 Å². The Labute approximate surface area is 166 Å². The first-order valence-corrected chi connectivity index (χ1v) is 8.88. The van der Waals surface area contributed by atoms with Crippen LogP contribution in [-0.4, -0.2) is 25.1 Å². The van der Waals surface area contributed by atoms with Gasteiger partial charge in [0.2, 0.25) is 0 Å². The minimum atomic E-state index is -0.928. The van der Waals surface area contributed by atoms with Gasteiger partial charge in [0.05, 0.1) is 5.69 Å². The van der Waals surface area contributed by atoms with Crippen molar-refractivity contribution in [2.24, 2.45) is 0 Å². The second kappa shape index (κ2) is 9.50. The summed E-state index contributed by atoms with van der Waals surface area (Å²) in [7, 11) is 0. The highest BCUT2D eigenvalue weighted by Crippen LogP contribution is 2.32. The van der Waals surface area contributed by atoms with Crippen molar-refractivity contribution in [2.75, 3.05) is 18.5 Å². The Bertz CT molecular complexity index is 887. The summed E-state index contributed by atoms with van der Waals surface area (Å²) in [5.74, 6) is -2.59. The van der Waals surface area contributed by atoms with Crippen LogP contribution in [0.1, 0.15) is 30.9 Å². The molecular formula is C20H20ClF2NO4. The summed E-state index contributed by atoms with van der Waals surface area (Å²) in [6.07, 6.45) is 0. The second-order valence-electron chi connectivity index (χ2n) is 6.42. The zero-order valence-electron chi connectivity index (χ0n) is 15.6. The molecule has 0 aliphatic carbocycles. The van der Waals surface area contributed by atoms with Gasteiger partial charge >= 0.3 is 5.97 Å². The van der Waals surface area contributed by atoms with Crippen molar-refractivity contribution in [1.29, 1.82) is 0 Å². The van der Waals surface area contributed by atoms with Crippen molar-refractivity contribution in [3.05, 3.63) is 58.1 Å². The van der Waals surface area contributed by atoms with Crippen molar-refractivity contribution < 1.29 is 27.8 Å². The Hall–Kier alpha value is -2.67. The number of rotatable bonds is 7. The summed E-state index contributed by atoms with van der Waals surface area (Å²) in [4.78, 5) is 23.6. The van der Waals surface area contributed by atoms with Crippen molar-refractivity contribution in [3.63, 3.8) is 0 Å².